The van der Waals surface area contributed by atoms with Gasteiger partial charge in [-0.3, -0.25) is 4.79 Å². The van der Waals surface area contributed by atoms with Crippen LogP contribution in [0.15, 0.2) is 29.2 Å². The summed E-state index contributed by atoms with van der Waals surface area (Å²) in [7, 11) is -3.15. The molecule has 1 saturated heterocycles. The Hall–Kier alpha value is -1.05. The SMILES string of the molecule is CCSc1ccccc1NC(=O)C1CCN(S(C)(=O)=O)CC1. The first kappa shape index (κ1) is 17.3. The van der Waals surface area contributed by atoms with E-state index in [1.165, 1.54) is 10.6 Å². The Labute approximate surface area is 136 Å². The average molecular weight is 342 g/mol. The van der Waals surface area contributed by atoms with E-state index in [9.17, 15) is 13.2 Å². The highest BCUT2D eigenvalue weighted by molar-refractivity contribution is 7.99. The van der Waals surface area contributed by atoms with Gasteiger partial charge in [0.05, 0.1) is 11.9 Å². The van der Waals surface area contributed by atoms with E-state index < -0.39 is 10.0 Å². The summed E-state index contributed by atoms with van der Waals surface area (Å²) in [4.78, 5) is 13.5. The van der Waals surface area contributed by atoms with Gasteiger partial charge in [-0.2, -0.15) is 0 Å². The third-order valence-corrected chi connectivity index (χ3v) is 6.00. The van der Waals surface area contributed by atoms with E-state index in [0.29, 0.717) is 25.9 Å². The van der Waals surface area contributed by atoms with E-state index in [2.05, 4.69) is 12.2 Å². The number of carbonyl (C=O) groups is 1. The van der Waals surface area contributed by atoms with Gasteiger partial charge < -0.3 is 5.32 Å². The molecule has 0 aromatic heterocycles. The van der Waals surface area contributed by atoms with E-state index in [4.69, 9.17) is 0 Å². The average Bonchev–Trinajstić information content (AvgIpc) is 2.49. The number of hydrogen-bond donors (Lipinski definition) is 1. The largest absolute Gasteiger partial charge is 0.325 e. The summed E-state index contributed by atoms with van der Waals surface area (Å²) in [6, 6.07) is 7.76. The highest BCUT2D eigenvalue weighted by atomic mass is 32.2. The topological polar surface area (TPSA) is 66.5 Å². The molecule has 1 heterocycles. The lowest BCUT2D eigenvalue weighted by Gasteiger charge is -2.29. The molecule has 122 valence electrons. The molecular weight excluding hydrogens is 320 g/mol. The van der Waals surface area contributed by atoms with Gasteiger partial charge in [-0.05, 0) is 30.7 Å². The first-order chi connectivity index (χ1) is 10.4. The smallest absolute Gasteiger partial charge is 0.227 e. The quantitative estimate of drug-likeness (QED) is 0.835. The van der Waals surface area contributed by atoms with Crippen LogP contribution in [0.25, 0.3) is 0 Å². The molecule has 0 unspecified atom stereocenters. The molecule has 7 heteroatoms. The van der Waals surface area contributed by atoms with Crippen LogP contribution in [0.2, 0.25) is 0 Å². The Morgan fingerprint density at radius 3 is 2.55 bits per heavy atom. The first-order valence-corrected chi connectivity index (χ1v) is 10.2. The molecule has 0 aliphatic carbocycles. The minimum absolute atomic E-state index is 0.0164. The Balaban J connectivity index is 1.97. The van der Waals surface area contributed by atoms with Crippen molar-refractivity contribution in [2.45, 2.75) is 24.7 Å². The zero-order valence-electron chi connectivity index (χ0n) is 12.9. The fraction of sp³-hybridized carbons (Fsp3) is 0.533. The van der Waals surface area contributed by atoms with Crippen LogP contribution >= 0.6 is 11.8 Å². The second-order valence-corrected chi connectivity index (χ2v) is 8.64. The van der Waals surface area contributed by atoms with Crippen molar-refractivity contribution in [3.8, 4) is 0 Å². The number of para-hydroxylation sites is 1. The summed E-state index contributed by atoms with van der Waals surface area (Å²) < 4.78 is 24.4. The van der Waals surface area contributed by atoms with Crippen LogP contribution in [0.1, 0.15) is 19.8 Å². The zero-order valence-corrected chi connectivity index (χ0v) is 14.5. The molecule has 0 spiro atoms. The van der Waals surface area contributed by atoms with Gasteiger partial charge in [0.1, 0.15) is 0 Å². The number of amides is 1. The Morgan fingerprint density at radius 2 is 1.95 bits per heavy atom. The number of hydrogen-bond acceptors (Lipinski definition) is 4. The number of nitrogens with zero attached hydrogens (tertiary/aromatic N) is 1. The van der Waals surface area contributed by atoms with E-state index in [1.807, 2.05) is 24.3 Å². The van der Waals surface area contributed by atoms with Crippen LogP contribution in [0.5, 0.6) is 0 Å². The van der Waals surface area contributed by atoms with E-state index >= 15 is 0 Å². The molecule has 1 amide bonds. The molecular formula is C15H22N2O3S2. The van der Waals surface area contributed by atoms with E-state index in [0.717, 1.165) is 16.3 Å². The van der Waals surface area contributed by atoms with E-state index in [1.54, 1.807) is 11.8 Å². The Kier molecular flexibility index (Phi) is 5.88. The number of rotatable bonds is 5. The summed E-state index contributed by atoms with van der Waals surface area (Å²) in [5, 5.41) is 2.99. The zero-order chi connectivity index (χ0) is 16.2. The summed E-state index contributed by atoms with van der Waals surface area (Å²) in [5.41, 5.74) is 0.838. The van der Waals surface area contributed by atoms with Crippen molar-refractivity contribution in [1.82, 2.24) is 4.31 Å². The third kappa shape index (κ3) is 4.47. The van der Waals surface area contributed by atoms with Crippen LogP contribution in [-0.4, -0.2) is 43.7 Å². The van der Waals surface area contributed by atoms with Crippen molar-refractivity contribution in [3.05, 3.63) is 24.3 Å². The summed E-state index contributed by atoms with van der Waals surface area (Å²) in [6.45, 7) is 2.91. The van der Waals surface area contributed by atoms with Gasteiger partial charge >= 0.3 is 0 Å². The fourth-order valence-electron chi connectivity index (χ4n) is 2.54. The number of carbonyl (C=O) groups excluding carboxylic acids is 1. The predicted octanol–water partition coefficient (Wildman–Crippen LogP) is 2.41. The molecule has 0 radical (unpaired) electrons. The van der Waals surface area contributed by atoms with Crippen molar-refractivity contribution >= 4 is 33.4 Å². The Bertz CT molecular complexity index is 623. The number of piperidine rings is 1. The van der Waals surface area contributed by atoms with Crippen molar-refractivity contribution in [3.63, 3.8) is 0 Å². The maximum Gasteiger partial charge on any atom is 0.227 e. The van der Waals surface area contributed by atoms with Gasteiger partial charge in [0.25, 0.3) is 0 Å². The molecule has 2 rings (SSSR count). The number of anilines is 1. The fourth-order valence-corrected chi connectivity index (χ4v) is 4.17. The van der Waals surface area contributed by atoms with Gasteiger partial charge in [-0.1, -0.05) is 19.1 Å². The van der Waals surface area contributed by atoms with Crippen LogP contribution in [0.3, 0.4) is 0 Å². The van der Waals surface area contributed by atoms with Gasteiger partial charge in [0.2, 0.25) is 15.9 Å². The molecule has 1 fully saturated rings. The molecule has 0 saturated carbocycles. The maximum atomic E-state index is 12.4. The van der Waals surface area contributed by atoms with Crippen LogP contribution in [-0.2, 0) is 14.8 Å². The normalized spacial score (nSPS) is 17.4. The lowest BCUT2D eigenvalue weighted by molar-refractivity contribution is -0.120. The number of nitrogens with one attached hydrogen (secondary N) is 1. The molecule has 0 bridgehead atoms. The van der Waals surface area contributed by atoms with Crippen LogP contribution < -0.4 is 5.32 Å². The summed E-state index contributed by atoms with van der Waals surface area (Å²) in [5.74, 6) is 0.801. The first-order valence-electron chi connectivity index (χ1n) is 7.39. The molecule has 1 aliphatic heterocycles. The van der Waals surface area contributed by atoms with Crippen molar-refractivity contribution in [2.24, 2.45) is 5.92 Å². The second kappa shape index (κ2) is 7.48. The molecule has 1 aromatic rings. The minimum atomic E-state index is -3.15. The minimum Gasteiger partial charge on any atom is -0.325 e. The number of thioether (sulfide) groups is 1. The summed E-state index contributed by atoms with van der Waals surface area (Å²) in [6.07, 6.45) is 2.36. The molecule has 22 heavy (non-hydrogen) atoms. The molecule has 0 atom stereocenters. The number of sulfonamides is 1. The van der Waals surface area contributed by atoms with Crippen molar-refractivity contribution < 1.29 is 13.2 Å². The maximum absolute atomic E-state index is 12.4. The van der Waals surface area contributed by atoms with Crippen molar-refractivity contribution in [2.75, 3.05) is 30.4 Å². The van der Waals surface area contributed by atoms with Gasteiger partial charge in [0.15, 0.2) is 0 Å². The third-order valence-electron chi connectivity index (χ3n) is 3.74. The number of benzene rings is 1. The molecule has 1 N–H and O–H groups in total. The second-order valence-electron chi connectivity index (χ2n) is 5.35. The van der Waals surface area contributed by atoms with E-state index in [-0.39, 0.29) is 11.8 Å². The highest BCUT2D eigenvalue weighted by Crippen LogP contribution is 2.28. The predicted molar refractivity (Wildman–Crippen MR) is 90.6 cm³/mol. The Morgan fingerprint density at radius 1 is 1.32 bits per heavy atom. The lowest BCUT2D eigenvalue weighted by atomic mass is 9.97. The molecule has 1 aliphatic rings. The van der Waals surface area contributed by atoms with Crippen molar-refractivity contribution in [1.29, 1.82) is 0 Å². The van der Waals surface area contributed by atoms with Gasteiger partial charge in [0, 0.05) is 23.9 Å². The highest BCUT2D eigenvalue weighted by Gasteiger charge is 2.29. The lowest BCUT2D eigenvalue weighted by Crippen LogP contribution is -2.40. The van der Waals surface area contributed by atoms with Crippen LogP contribution in [0, 0.1) is 5.92 Å². The summed E-state index contributed by atoms with van der Waals surface area (Å²) >= 11 is 1.69. The standard InChI is InChI=1S/C15H22N2O3S2/c1-3-21-14-7-5-4-6-13(14)16-15(18)12-8-10-17(11-9-12)22(2,19)20/h4-7,12H,3,8-11H2,1-2H3,(H,16,18). The van der Waals surface area contributed by atoms with Gasteiger partial charge in [-0.25, -0.2) is 12.7 Å². The van der Waals surface area contributed by atoms with Gasteiger partial charge in [-0.15, -0.1) is 11.8 Å². The molecule has 5 nitrogen and oxygen atoms in total. The monoisotopic (exact) mass is 342 g/mol. The molecule has 1 aromatic carbocycles. The van der Waals surface area contributed by atoms with Crippen LogP contribution in [0.4, 0.5) is 5.69 Å².